The number of hydrogen-bond donors (Lipinski definition) is 0. The maximum absolute atomic E-state index is 12.4. The summed E-state index contributed by atoms with van der Waals surface area (Å²) in [4.78, 5) is 0. The fourth-order valence-corrected chi connectivity index (χ4v) is 0.656. The molecule has 1 aromatic rings. The molecule has 0 N–H and O–H groups in total. The molecule has 1 heterocycles. The van der Waals surface area contributed by atoms with Gasteiger partial charge in [0.15, 0.2) is 17.7 Å². The molecule has 1 aromatic heterocycles. The van der Waals surface area contributed by atoms with Crippen LogP contribution in [-0.2, 0) is 6.54 Å². The van der Waals surface area contributed by atoms with E-state index in [-0.39, 0.29) is 5.69 Å². The second-order valence-corrected chi connectivity index (χ2v) is 1.70. The topological polar surface area (TPSA) is 41.6 Å². The minimum Gasteiger partial charge on any atom is -0.252 e. The molecular formula is C6H5FN3. The molecule has 0 aliphatic heterocycles. The zero-order valence-corrected chi connectivity index (χ0v) is 5.43. The van der Waals surface area contributed by atoms with Gasteiger partial charge in [0, 0.05) is 6.54 Å². The molecule has 51 valence electrons. The van der Waals surface area contributed by atoms with Crippen LogP contribution in [0, 0.1) is 23.3 Å². The second-order valence-electron chi connectivity index (χ2n) is 1.70. The number of rotatable bonds is 1. The monoisotopic (exact) mass is 138 g/mol. The van der Waals surface area contributed by atoms with Gasteiger partial charge in [-0.15, -0.1) is 0 Å². The molecule has 0 aliphatic carbocycles. The summed E-state index contributed by atoms with van der Waals surface area (Å²) in [5, 5.41) is 11.8. The van der Waals surface area contributed by atoms with E-state index in [1.54, 1.807) is 13.0 Å². The van der Waals surface area contributed by atoms with Gasteiger partial charge in [0.2, 0.25) is 0 Å². The van der Waals surface area contributed by atoms with Crippen LogP contribution in [0.15, 0.2) is 0 Å². The predicted octanol–water partition coefficient (Wildman–Crippen LogP) is 0.714. The van der Waals surface area contributed by atoms with Crippen LogP contribution >= 0.6 is 0 Å². The lowest BCUT2D eigenvalue weighted by Gasteiger charge is -1.92. The van der Waals surface area contributed by atoms with E-state index >= 15 is 0 Å². The summed E-state index contributed by atoms with van der Waals surface area (Å²) in [6.07, 6.45) is 2.06. The van der Waals surface area contributed by atoms with E-state index in [0.29, 0.717) is 6.54 Å². The summed E-state index contributed by atoms with van der Waals surface area (Å²) < 4.78 is 13.7. The first kappa shape index (κ1) is 6.75. The fraction of sp³-hybridized carbons (Fsp3) is 0.333. The van der Waals surface area contributed by atoms with E-state index in [1.165, 1.54) is 4.68 Å². The lowest BCUT2D eigenvalue weighted by Crippen LogP contribution is -1.99. The standard InChI is InChI=1S/C6H5FN3/c1-2-10-6(3-8)5(7)4-9-10/h2H2,1H3. The van der Waals surface area contributed by atoms with Crippen LogP contribution < -0.4 is 0 Å². The van der Waals surface area contributed by atoms with Crippen molar-refractivity contribution < 1.29 is 4.39 Å². The smallest absolute Gasteiger partial charge is 0.188 e. The van der Waals surface area contributed by atoms with Gasteiger partial charge in [-0.1, -0.05) is 0 Å². The van der Waals surface area contributed by atoms with Crippen LogP contribution in [0.2, 0.25) is 0 Å². The molecule has 0 aromatic carbocycles. The van der Waals surface area contributed by atoms with E-state index < -0.39 is 5.82 Å². The highest BCUT2D eigenvalue weighted by Gasteiger charge is 2.07. The largest absolute Gasteiger partial charge is 0.252 e. The molecule has 1 radical (unpaired) electrons. The average molecular weight is 138 g/mol. The lowest BCUT2D eigenvalue weighted by atomic mass is 10.4. The van der Waals surface area contributed by atoms with Crippen LogP contribution in [0.25, 0.3) is 0 Å². The number of halogens is 1. The van der Waals surface area contributed by atoms with Gasteiger partial charge >= 0.3 is 0 Å². The zero-order valence-electron chi connectivity index (χ0n) is 5.43. The average Bonchev–Trinajstić information content (AvgIpc) is 2.30. The minimum atomic E-state index is -0.677. The van der Waals surface area contributed by atoms with Gasteiger partial charge in [-0.05, 0) is 6.92 Å². The maximum Gasteiger partial charge on any atom is 0.188 e. The van der Waals surface area contributed by atoms with E-state index in [0.717, 1.165) is 0 Å². The summed E-state index contributed by atoms with van der Waals surface area (Å²) in [6.45, 7) is 2.27. The maximum atomic E-state index is 12.4. The lowest BCUT2D eigenvalue weighted by molar-refractivity contribution is 0.605. The molecule has 0 aliphatic rings. The normalized spacial score (nSPS) is 9.30. The molecular weight excluding hydrogens is 133 g/mol. The number of aromatic nitrogens is 2. The van der Waals surface area contributed by atoms with Crippen LogP contribution in [0.4, 0.5) is 4.39 Å². The third-order valence-electron chi connectivity index (χ3n) is 1.14. The van der Waals surface area contributed by atoms with Gasteiger partial charge in [-0.2, -0.15) is 10.4 Å². The van der Waals surface area contributed by atoms with Crippen molar-refractivity contribution in [3.05, 3.63) is 17.7 Å². The first-order valence-electron chi connectivity index (χ1n) is 2.83. The van der Waals surface area contributed by atoms with Gasteiger partial charge in [0.1, 0.15) is 6.07 Å². The number of hydrogen-bond acceptors (Lipinski definition) is 2. The van der Waals surface area contributed by atoms with Gasteiger partial charge in [-0.25, -0.2) is 4.39 Å². The Bertz CT molecular complexity index is 271. The van der Waals surface area contributed by atoms with Crippen molar-refractivity contribution in [3.63, 3.8) is 0 Å². The van der Waals surface area contributed by atoms with Gasteiger partial charge in [-0.3, -0.25) is 4.68 Å². The highest BCUT2D eigenvalue weighted by Crippen LogP contribution is 2.02. The highest BCUT2D eigenvalue weighted by molar-refractivity contribution is 5.19. The Balaban J connectivity index is 3.17. The Kier molecular flexibility index (Phi) is 1.67. The van der Waals surface area contributed by atoms with Crippen molar-refractivity contribution in [1.29, 1.82) is 5.26 Å². The van der Waals surface area contributed by atoms with Crippen molar-refractivity contribution in [3.8, 4) is 6.07 Å². The van der Waals surface area contributed by atoms with E-state index in [1.807, 2.05) is 0 Å². The van der Waals surface area contributed by atoms with Crippen molar-refractivity contribution in [2.45, 2.75) is 13.5 Å². The van der Waals surface area contributed by atoms with Gasteiger partial charge in [0.25, 0.3) is 0 Å². The molecule has 4 heteroatoms. The quantitative estimate of drug-likeness (QED) is 0.573. The predicted molar refractivity (Wildman–Crippen MR) is 31.4 cm³/mol. The SMILES string of the molecule is CCn1n[c]c(F)c1C#N. The third-order valence-corrected chi connectivity index (χ3v) is 1.14. The number of nitrogens with zero attached hydrogens (tertiary/aromatic N) is 3. The molecule has 3 nitrogen and oxygen atoms in total. The molecule has 1 rings (SSSR count). The molecule has 0 spiro atoms. The van der Waals surface area contributed by atoms with E-state index in [9.17, 15) is 4.39 Å². The Morgan fingerprint density at radius 2 is 2.60 bits per heavy atom. The van der Waals surface area contributed by atoms with Crippen molar-refractivity contribution in [2.75, 3.05) is 0 Å². The molecule has 0 fully saturated rings. The van der Waals surface area contributed by atoms with E-state index in [2.05, 4.69) is 11.3 Å². The Morgan fingerprint density at radius 3 is 3.00 bits per heavy atom. The Hall–Kier alpha value is -1.37. The zero-order chi connectivity index (χ0) is 7.56. The summed E-state index contributed by atoms with van der Waals surface area (Å²) in [5.41, 5.74) is -0.0532. The number of nitriles is 1. The fourth-order valence-electron chi connectivity index (χ4n) is 0.656. The van der Waals surface area contributed by atoms with Crippen LogP contribution in [0.3, 0.4) is 0 Å². The van der Waals surface area contributed by atoms with E-state index in [4.69, 9.17) is 5.26 Å². The molecule has 0 amide bonds. The molecule has 0 bridgehead atoms. The molecule has 0 saturated heterocycles. The van der Waals surface area contributed by atoms with Crippen molar-refractivity contribution in [2.24, 2.45) is 0 Å². The first-order valence-corrected chi connectivity index (χ1v) is 2.83. The second kappa shape index (κ2) is 2.48. The third kappa shape index (κ3) is 0.860. The molecule has 0 atom stereocenters. The number of aryl methyl sites for hydroxylation is 1. The van der Waals surface area contributed by atoms with Crippen LogP contribution in [0.5, 0.6) is 0 Å². The summed E-state index contributed by atoms with van der Waals surface area (Å²) in [7, 11) is 0. The molecule has 0 saturated carbocycles. The first-order chi connectivity index (χ1) is 4.79. The van der Waals surface area contributed by atoms with Crippen LogP contribution in [0.1, 0.15) is 12.6 Å². The van der Waals surface area contributed by atoms with Gasteiger partial charge in [0.05, 0.1) is 0 Å². The molecule has 10 heavy (non-hydrogen) atoms. The van der Waals surface area contributed by atoms with Gasteiger partial charge < -0.3 is 0 Å². The highest BCUT2D eigenvalue weighted by atomic mass is 19.1. The molecule has 0 unspecified atom stereocenters. The summed E-state index contributed by atoms with van der Waals surface area (Å²) in [6, 6.07) is 1.69. The Labute approximate surface area is 57.7 Å². The van der Waals surface area contributed by atoms with Crippen molar-refractivity contribution in [1.82, 2.24) is 9.78 Å². The summed E-state index contributed by atoms with van der Waals surface area (Å²) >= 11 is 0. The van der Waals surface area contributed by atoms with Crippen molar-refractivity contribution >= 4 is 0 Å². The minimum absolute atomic E-state index is 0.0532. The Morgan fingerprint density at radius 1 is 1.90 bits per heavy atom. The summed E-state index contributed by atoms with van der Waals surface area (Å²) in [5.74, 6) is -0.677. The van der Waals surface area contributed by atoms with Crippen LogP contribution in [-0.4, -0.2) is 9.78 Å².